The molecule has 4 heteroatoms. The molecule has 1 rings (SSSR count). The van der Waals surface area contributed by atoms with E-state index in [4.69, 9.17) is 15.2 Å². The van der Waals surface area contributed by atoms with Gasteiger partial charge in [-0.15, -0.1) is 0 Å². The average Bonchev–Trinajstić information content (AvgIpc) is 2.70. The second-order valence-electron chi connectivity index (χ2n) is 5.15. The van der Waals surface area contributed by atoms with Crippen molar-refractivity contribution in [1.29, 1.82) is 0 Å². The van der Waals surface area contributed by atoms with Gasteiger partial charge in [0, 0.05) is 39.4 Å². The van der Waals surface area contributed by atoms with Crippen LogP contribution in [0.5, 0.6) is 0 Å². The minimum atomic E-state index is 0.384. The van der Waals surface area contributed by atoms with Crippen molar-refractivity contribution in [3.8, 4) is 0 Å². The first kappa shape index (κ1) is 14.9. The van der Waals surface area contributed by atoms with E-state index in [0.29, 0.717) is 18.0 Å². The SMILES string of the molecule is COCCN(CC1CCCC1N)C(C)COC. The first-order valence-corrected chi connectivity index (χ1v) is 6.66. The molecular formula is C13H28N2O2. The van der Waals surface area contributed by atoms with E-state index in [1.54, 1.807) is 14.2 Å². The molecule has 2 N–H and O–H groups in total. The van der Waals surface area contributed by atoms with E-state index in [0.717, 1.165) is 26.3 Å². The monoisotopic (exact) mass is 244 g/mol. The molecule has 1 fully saturated rings. The van der Waals surface area contributed by atoms with Crippen LogP contribution in [0.4, 0.5) is 0 Å². The topological polar surface area (TPSA) is 47.7 Å². The smallest absolute Gasteiger partial charge is 0.0615 e. The Morgan fingerprint density at radius 3 is 2.59 bits per heavy atom. The Balaban J connectivity index is 2.43. The maximum absolute atomic E-state index is 6.14. The molecule has 0 radical (unpaired) electrons. The van der Waals surface area contributed by atoms with Gasteiger partial charge in [0.1, 0.15) is 0 Å². The molecule has 0 heterocycles. The van der Waals surface area contributed by atoms with Crippen molar-refractivity contribution >= 4 is 0 Å². The van der Waals surface area contributed by atoms with Crippen molar-refractivity contribution in [1.82, 2.24) is 4.90 Å². The van der Waals surface area contributed by atoms with E-state index >= 15 is 0 Å². The molecule has 4 nitrogen and oxygen atoms in total. The summed E-state index contributed by atoms with van der Waals surface area (Å²) in [5.41, 5.74) is 6.14. The maximum atomic E-state index is 6.14. The van der Waals surface area contributed by atoms with Crippen LogP contribution in [0.15, 0.2) is 0 Å². The number of hydrogen-bond donors (Lipinski definition) is 1. The summed E-state index contributed by atoms with van der Waals surface area (Å²) in [5, 5.41) is 0. The van der Waals surface area contributed by atoms with Crippen LogP contribution < -0.4 is 5.73 Å². The molecule has 0 saturated heterocycles. The van der Waals surface area contributed by atoms with Crippen LogP contribution in [0.25, 0.3) is 0 Å². The minimum Gasteiger partial charge on any atom is -0.383 e. The largest absolute Gasteiger partial charge is 0.383 e. The highest BCUT2D eigenvalue weighted by Crippen LogP contribution is 2.25. The van der Waals surface area contributed by atoms with Crippen molar-refractivity contribution in [3.05, 3.63) is 0 Å². The fraction of sp³-hybridized carbons (Fsp3) is 1.00. The van der Waals surface area contributed by atoms with Gasteiger partial charge in [-0.1, -0.05) is 6.42 Å². The maximum Gasteiger partial charge on any atom is 0.0615 e. The fourth-order valence-electron chi connectivity index (χ4n) is 2.64. The van der Waals surface area contributed by atoms with Gasteiger partial charge in [0.2, 0.25) is 0 Å². The van der Waals surface area contributed by atoms with E-state index in [1.165, 1.54) is 19.3 Å². The zero-order valence-corrected chi connectivity index (χ0v) is 11.5. The van der Waals surface area contributed by atoms with E-state index in [-0.39, 0.29) is 0 Å². The Labute approximate surface area is 105 Å². The summed E-state index contributed by atoms with van der Waals surface area (Å²) in [7, 11) is 3.51. The Kier molecular flexibility index (Phi) is 7.04. The highest BCUT2D eigenvalue weighted by atomic mass is 16.5. The molecule has 0 aromatic carbocycles. The van der Waals surface area contributed by atoms with Crippen molar-refractivity contribution in [2.24, 2.45) is 11.7 Å². The van der Waals surface area contributed by atoms with Gasteiger partial charge in [-0.05, 0) is 25.7 Å². The Morgan fingerprint density at radius 2 is 2.06 bits per heavy atom. The predicted molar refractivity (Wildman–Crippen MR) is 70.1 cm³/mol. The summed E-state index contributed by atoms with van der Waals surface area (Å²) < 4.78 is 10.4. The lowest BCUT2D eigenvalue weighted by atomic mass is 10.0. The van der Waals surface area contributed by atoms with Crippen molar-refractivity contribution < 1.29 is 9.47 Å². The highest BCUT2D eigenvalue weighted by Gasteiger charge is 2.27. The molecule has 0 aromatic rings. The minimum absolute atomic E-state index is 0.384. The van der Waals surface area contributed by atoms with Crippen molar-refractivity contribution in [2.45, 2.75) is 38.3 Å². The first-order chi connectivity index (χ1) is 8.19. The lowest BCUT2D eigenvalue weighted by Gasteiger charge is -2.32. The molecule has 0 aliphatic heterocycles. The van der Waals surface area contributed by atoms with E-state index < -0.39 is 0 Å². The van der Waals surface area contributed by atoms with Gasteiger partial charge in [-0.3, -0.25) is 4.90 Å². The van der Waals surface area contributed by atoms with Crippen LogP contribution in [-0.4, -0.2) is 57.5 Å². The zero-order chi connectivity index (χ0) is 12.7. The molecule has 1 saturated carbocycles. The van der Waals surface area contributed by atoms with Crippen molar-refractivity contribution in [3.63, 3.8) is 0 Å². The number of nitrogens with two attached hydrogens (primary N) is 1. The number of methoxy groups -OCH3 is 2. The molecule has 1 aliphatic rings. The molecule has 0 bridgehead atoms. The van der Waals surface area contributed by atoms with E-state index in [2.05, 4.69) is 11.8 Å². The molecule has 1 aliphatic carbocycles. The molecule has 3 unspecified atom stereocenters. The van der Waals surface area contributed by atoms with E-state index in [1.807, 2.05) is 0 Å². The lowest BCUT2D eigenvalue weighted by Crippen LogP contribution is -2.44. The zero-order valence-electron chi connectivity index (χ0n) is 11.5. The Morgan fingerprint density at radius 1 is 1.29 bits per heavy atom. The normalized spacial score (nSPS) is 26.6. The summed E-state index contributed by atoms with van der Waals surface area (Å²) in [6, 6.07) is 0.817. The summed E-state index contributed by atoms with van der Waals surface area (Å²) >= 11 is 0. The van der Waals surface area contributed by atoms with E-state index in [9.17, 15) is 0 Å². The standard InChI is InChI=1S/C13H28N2O2/c1-11(10-17-3)15(7-8-16-2)9-12-5-4-6-13(12)14/h11-13H,4-10,14H2,1-3H3. The molecule has 0 spiro atoms. The van der Waals surface area contributed by atoms with Gasteiger partial charge in [-0.2, -0.15) is 0 Å². The Hall–Kier alpha value is -0.160. The summed E-state index contributed by atoms with van der Waals surface area (Å²) in [6.45, 7) is 5.79. The van der Waals surface area contributed by atoms with Crippen LogP contribution in [0, 0.1) is 5.92 Å². The van der Waals surface area contributed by atoms with Crippen molar-refractivity contribution in [2.75, 3.05) is 40.5 Å². The van der Waals surface area contributed by atoms with Crippen LogP contribution in [0.3, 0.4) is 0 Å². The lowest BCUT2D eigenvalue weighted by molar-refractivity contribution is 0.0639. The quantitative estimate of drug-likeness (QED) is 0.694. The molecule has 102 valence electrons. The summed E-state index contributed by atoms with van der Waals surface area (Å²) in [6.07, 6.45) is 3.73. The third kappa shape index (κ3) is 4.92. The fourth-order valence-corrected chi connectivity index (χ4v) is 2.64. The van der Waals surface area contributed by atoms with Gasteiger partial charge in [0.05, 0.1) is 13.2 Å². The second kappa shape index (κ2) is 8.03. The van der Waals surface area contributed by atoms with Crippen LogP contribution >= 0.6 is 0 Å². The summed E-state index contributed by atoms with van der Waals surface area (Å²) in [4.78, 5) is 2.45. The van der Waals surface area contributed by atoms with Gasteiger partial charge >= 0.3 is 0 Å². The number of ether oxygens (including phenoxy) is 2. The second-order valence-corrected chi connectivity index (χ2v) is 5.15. The molecule has 17 heavy (non-hydrogen) atoms. The van der Waals surface area contributed by atoms with Crippen LogP contribution in [0.2, 0.25) is 0 Å². The molecular weight excluding hydrogens is 216 g/mol. The average molecular weight is 244 g/mol. The predicted octanol–water partition coefficient (Wildman–Crippen LogP) is 1.10. The van der Waals surface area contributed by atoms with Gasteiger partial charge < -0.3 is 15.2 Å². The van der Waals surface area contributed by atoms with Gasteiger partial charge in [-0.25, -0.2) is 0 Å². The van der Waals surface area contributed by atoms with Gasteiger partial charge in [0.15, 0.2) is 0 Å². The third-order valence-electron chi connectivity index (χ3n) is 3.80. The first-order valence-electron chi connectivity index (χ1n) is 6.66. The third-order valence-corrected chi connectivity index (χ3v) is 3.80. The molecule has 3 atom stereocenters. The molecule has 0 amide bonds. The molecule has 0 aromatic heterocycles. The number of nitrogens with zero attached hydrogens (tertiary/aromatic N) is 1. The highest BCUT2D eigenvalue weighted by molar-refractivity contribution is 4.83. The van der Waals surface area contributed by atoms with Crippen LogP contribution in [0.1, 0.15) is 26.2 Å². The van der Waals surface area contributed by atoms with Gasteiger partial charge in [0.25, 0.3) is 0 Å². The number of rotatable bonds is 8. The Bertz CT molecular complexity index is 202. The summed E-state index contributed by atoms with van der Waals surface area (Å²) in [5.74, 6) is 0.645. The van der Waals surface area contributed by atoms with Crippen LogP contribution in [-0.2, 0) is 9.47 Å². The number of hydrogen-bond acceptors (Lipinski definition) is 4.